The SMILES string of the molecule is C=CCOc1c(/C=N/NC(=O)C(NC(=O)c2ccc3c(c2)OCO3)C(C)C)cccc1OC. The third-order valence-corrected chi connectivity index (χ3v) is 4.82. The van der Waals surface area contributed by atoms with Gasteiger partial charge in [0.2, 0.25) is 6.79 Å². The Morgan fingerprint density at radius 2 is 2.00 bits per heavy atom. The molecule has 0 fully saturated rings. The Balaban J connectivity index is 1.68. The topological polar surface area (TPSA) is 107 Å². The number of para-hydroxylation sites is 1. The van der Waals surface area contributed by atoms with E-state index in [2.05, 4.69) is 22.4 Å². The van der Waals surface area contributed by atoms with Gasteiger partial charge in [-0.2, -0.15) is 5.10 Å². The standard InChI is InChI=1S/C24H27N3O6/c1-5-11-31-22-17(7-6-8-19(22)30-4)13-25-27-24(29)21(15(2)3)26-23(28)16-9-10-18-20(12-16)33-14-32-18/h5-10,12-13,15,21H,1,11,14H2,2-4H3,(H,26,28)(H,27,29)/b25-13+. The van der Waals surface area contributed by atoms with Crippen molar-refractivity contribution >= 4 is 18.0 Å². The van der Waals surface area contributed by atoms with Crippen LogP contribution in [0.2, 0.25) is 0 Å². The first-order valence-electron chi connectivity index (χ1n) is 10.4. The Bertz CT molecular complexity index is 1050. The minimum atomic E-state index is -0.804. The molecule has 2 aromatic carbocycles. The van der Waals surface area contributed by atoms with Crippen LogP contribution >= 0.6 is 0 Å². The van der Waals surface area contributed by atoms with Gasteiger partial charge in [0.25, 0.3) is 11.8 Å². The molecule has 9 nitrogen and oxygen atoms in total. The summed E-state index contributed by atoms with van der Waals surface area (Å²) in [5.41, 5.74) is 3.46. The van der Waals surface area contributed by atoms with Crippen molar-refractivity contribution in [3.05, 3.63) is 60.2 Å². The number of hydrazone groups is 1. The fourth-order valence-corrected chi connectivity index (χ4v) is 3.12. The number of hydrogen-bond donors (Lipinski definition) is 2. The monoisotopic (exact) mass is 453 g/mol. The van der Waals surface area contributed by atoms with Crippen LogP contribution in [-0.4, -0.2) is 44.6 Å². The van der Waals surface area contributed by atoms with Crippen LogP contribution in [0.5, 0.6) is 23.0 Å². The van der Waals surface area contributed by atoms with E-state index in [-0.39, 0.29) is 19.3 Å². The maximum Gasteiger partial charge on any atom is 0.262 e. The molecule has 0 saturated heterocycles. The van der Waals surface area contributed by atoms with Gasteiger partial charge in [0.15, 0.2) is 23.0 Å². The molecule has 0 saturated carbocycles. The van der Waals surface area contributed by atoms with Crippen LogP contribution in [0.1, 0.15) is 29.8 Å². The second-order valence-electron chi connectivity index (χ2n) is 7.48. The normalized spacial score (nSPS) is 13.0. The van der Waals surface area contributed by atoms with Crippen LogP contribution in [0.4, 0.5) is 0 Å². The van der Waals surface area contributed by atoms with Crippen LogP contribution in [0, 0.1) is 5.92 Å². The van der Waals surface area contributed by atoms with Gasteiger partial charge in [-0.1, -0.05) is 32.6 Å². The number of nitrogens with one attached hydrogen (secondary N) is 2. The van der Waals surface area contributed by atoms with Gasteiger partial charge in [0, 0.05) is 11.1 Å². The first-order valence-corrected chi connectivity index (χ1v) is 10.4. The van der Waals surface area contributed by atoms with Gasteiger partial charge >= 0.3 is 0 Å². The molecule has 1 unspecified atom stereocenters. The Morgan fingerprint density at radius 3 is 2.73 bits per heavy atom. The van der Waals surface area contributed by atoms with Crippen molar-refractivity contribution in [3.8, 4) is 23.0 Å². The molecule has 1 heterocycles. The molecule has 1 aliphatic rings. The van der Waals surface area contributed by atoms with E-state index in [1.807, 2.05) is 13.8 Å². The van der Waals surface area contributed by atoms with E-state index < -0.39 is 17.9 Å². The average Bonchev–Trinajstić information content (AvgIpc) is 3.28. The van der Waals surface area contributed by atoms with Gasteiger partial charge in [-0.05, 0) is 36.2 Å². The molecule has 2 aromatic rings. The number of fused-ring (bicyclic) bond motifs is 1. The summed E-state index contributed by atoms with van der Waals surface area (Å²) in [5.74, 6) is 1.04. The zero-order valence-corrected chi connectivity index (χ0v) is 18.8. The fraction of sp³-hybridized carbons (Fsp3) is 0.292. The second-order valence-corrected chi connectivity index (χ2v) is 7.48. The van der Waals surface area contributed by atoms with Crippen molar-refractivity contribution in [2.75, 3.05) is 20.5 Å². The third-order valence-electron chi connectivity index (χ3n) is 4.82. The van der Waals surface area contributed by atoms with E-state index in [0.717, 1.165) is 0 Å². The van der Waals surface area contributed by atoms with Gasteiger partial charge in [-0.15, -0.1) is 0 Å². The first-order chi connectivity index (χ1) is 15.9. The van der Waals surface area contributed by atoms with Crippen LogP contribution in [0.25, 0.3) is 0 Å². The lowest BCUT2D eigenvalue weighted by Gasteiger charge is -2.20. The zero-order chi connectivity index (χ0) is 23.8. The fourth-order valence-electron chi connectivity index (χ4n) is 3.12. The summed E-state index contributed by atoms with van der Waals surface area (Å²) in [4.78, 5) is 25.5. The van der Waals surface area contributed by atoms with Gasteiger partial charge in [-0.3, -0.25) is 9.59 Å². The lowest BCUT2D eigenvalue weighted by Crippen LogP contribution is -2.48. The smallest absolute Gasteiger partial charge is 0.262 e. The Labute approximate surface area is 192 Å². The molecule has 1 aliphatic heterocycles. The van der Waals surface area contributed by atoms with E-state index in [0.29, 0.717) is 34.1 Å². The number of carbonyl (C=O) groups excluding carboxylic acids is 2. The van der Waals surface area contributed by atoms with Crippen molar-refractivity contribution in [1.29, 1.82) is 0 Å². The molecule has 174 valence electrons. The number of hydrogen-bond acceptors (Lipinski definition) is 7. The largest absolute Gasteiger partial charge is 0.493 e. The van der Waals surface area contributed by atoms with Gasteiger partial charge in [-0.25, -0.2) is 5.43 Å². The van der Waals surface area contributed by atoms with E-state index >= 15 is 0 Å². The summed E-state index contributed by atoms with van der Waals surface area (Å²) >= 11 is 0. The average molecular weight is 453 g/mol. The molecule has 3 rings (SSSR count). The molecular formula is C24H27N3O6. The molecule has 0 radical (unpaired) electrons. The van der Waals surface area contributed by atoms with Crippen molar-refractivity contribution in [1.82, 2.24) is 10.7 Å². The Morgan fingerprint density at radius 1 is 1.21 bits per heavy atom. The number of rotatable bonds is 10. The maximum atomic E-state index is 12.8. The highest BCUT2D eigenvalue weighted by Crippen LogP contribution is 2.32. The van der Waals surface area contributed by atoms with Gasteiger partial charge in [0.1, 0.15) is 12.6 Å². The van der Waals surface area contributed by atoms with Crippen LogP contribution in [0.3, 0.4) is 0 Å². The van der Waals surface area contributed by atoms with Crippen LogP contribution in [-0.2, 0) is 4.79 Å². The minimum absolute atomic E-state index is 0.114. The van der Waals surface area contributed by atoms with Crippen molar-refractivity contribution in [2.24, 2.45) is 11.0 Å². The maximum absolute atomic E-state index is 12.8. The molecule has 0 bridgehead atoms. The number of ether oxygens (including phenoxy) is 4. The summed E-state index contributed by atoms with van der Waals surface area (Å²) in [6, 6.07) is 9.37. The molecule has 0 aliphatic carbocycles. The zero-order valence-electron chi connectivity index (χ0n) is 18.8. The van der Waals surface area contributed by atoms with Gasteiger partial charge in [0.05, 0.1) is 13.3 Å². The van der Waals surface area contributed by atoms with Crippen LogP contribution < -0.4 is 29.7 Å². The highest BCUT2D eigenvalue weighted by molar-refractivity contribution is 5.98. The minimum Gasteiger partial charge on any atom is -0.493 e. The van der Waals surface area contributed by atoms with Gasteiger partial charge < -0.3 is 24.3 Å². The lowest BCUT2D eigenvalue weighted by atomic mass is 10.0. The summed E-state index contributed by atoms with van der Waals surface area (Å²) in [5, 5.41) is 6.80. The predicted octanol–water partition coefficient (Wildman–Crippen LogP) is 2.89. The molecule has 0 aromatic heterocycles. The summed E-state index contributed by atoms with van der Waals surface area (Å²) < 4.78 is 21.6. The lowest BCUT2D eigenvalue weighted by molar-refractivity contribution is -0.123. The van der Waals surface area contributed by atoms with E-state index in [1.54, 1.807) is 42.5 Å². The summed E-state index contributed by atoms with van der Waals surface area (Å²) in [7, 11) is 1.54. The summed E-state index contributed by atoms with van der Waals surface area (Å²) in [6.07, 6.45) is 3.07. The highest BCUT2D eigenvalue weighted by Gasteiger charge is 2.25. The quantitative estimate of drug-likeness (QED) is 0.325. The number of amides is 2. The number of nitrogens with zero attached hydrogens (tertiary/aromatic N) is 1. The predicted molar refractivity (Wildman–Crippen MR) is 123 cm³/mol. The molecule has 2 N–H and O–H groups in total. The molecule has 0 spiro atoms. The molecule has 9 heteroatoms. The molecule has 2 amide bonds. The van der Waals surface area contributed by atoms with Crippen molar-refractivity contribution in [3.63, 3.8) is 0 Å². The Hall–Kier alpha value is -4.01. The number of benzene rings is 2. The van der Waals surface area contributed by atoms with Crippen LogP contribution in [0.15, 0.2) is 54.2 Å². The van der Waals surface area contributed by atoms with Crippen molar-refractivity contribution in [2.45, 2.75) is 19.9 Å². The number of methoxy groups -OCH3 is 1. The van der Waals surface area contributed by atoms with E-state index in [4.69, 9.17) is 18.9 Å². The molecule has 33 heavy (non-hydrogen) atoms. The molecular weight excluding hydrogens is 426 g/mol. The second kappa shape index (κ2) is 11.0. The molecule has 1 atom stereocenters. The highest BCUT2D eigenvalue weighted by atomic mass is 16.7. The third kappa shape index (κ3) is 5.82. The first kappa shape index (κ1) is 23.6. The summed E-state index contributed by atoms with van der Waals surface area (Å²) in [6.45, 7) is 7.70. The van der Waals surface area contributed by atoms with Crippen molar-refractivity contribution < 1.29 is 28.5 Å². The Kier molecular flexibility index (Phi) is 7.91. The van der Waals surface area contributed by atoms with E-state index in [9.17, 15) is 9.59 Å². The number of carbonyl (C=O) groups is 2. The van der Waals surface area contributed by atoms with E-state index in [1.165, 1.54) is 13.3 Å².